The highest BCUT2D eigenvalue weighted by Crippen LogP contribution is 2.32. The Morgan fingerprint density at radius 1 is 1.67 bits per heavy atom. The van der Waals surface area contributed by atoms with Crippen molar-refractivity contribution in [3.05, 3.63) is 15.8 Å². The van der Waals surface area contributed by atoms with Crippen LogP contribution in [0.3, 0.4) is 0 Å². The van der Waals surface area contributed by atoms with Crippen LogP contribution in [-0.2, 0) is 13.5 Å². The summed E-state index contributed by atoms with van der Waals surface area (Å²) in [6, 6.07) is 0.295. The number of anilines is 1. The van der Waals surface area contributed by atoms with Gasteiger partial charge in [0.2, 0.25) is 5.82 Å². The molecule has 1 aliphatic rings. The van der Waals surface area contributed by atoms with E-state index >= 15 is 0 Å². The molecule has 1 N–H and O–H groups in total. The Labute approximate surface area is 106 Å². The number of rotatable bonds is 4. The molecule has 1 fully saturated rings. The van der Waals surface area contributed by atoms with Gasteiger partial charge in [-0.3, -0.25) is 10.1 Å². The lowest BCUT2D eigenvalue weighted by atomic mass is 10.2. The van der Waals surface area contributed by atoms with Gasteiger partial charge in [0.05, 0.1) is 4.92 Å². The third kappa shape index (κ3) is 2.05. The summed E-state index contributed by atoms with van der Waals surface area (Å²) in [7, 11) is 3.67. The summed E-state index contributed by atoms with van der Waals surface area (Å²) >= 11 is 0. The quantitative estimate of drug-likeness (QED) is 0.631. The van der Waals surface area contributed by atoms with Crippen molar-refractivity contribution in [2.45, 2.75) is 25.8 Å². The molecule has 0 saturated carbocycles. The number of aromatic nitrogens is 2. The molecule has 0 spiro atoms. The zero-order valence-electron chi connectivity index (χ0n) is 11.0. The first-order valence-corrected chi connectivity index (χ1v) is 6.20. The van der Waals surface area contributed by atoms with Gasteiger partial charge in [0.25, 0.3) is 0 Å². The minimum absolute atomic E-state index is 0.148. The highest BCUT2D eigenvalue weighted by Gasteiger charge is 2.32. The number of hydrogen-bond donors (Lipinski definition) is 1. The summed E-state index contributed by atoms with van der Waals surface area (Å²) in [5.74, 6) is 0.602. The second-order valence-electron chi connectivity index (χ2n) is 4.61. The van der Waals surface area contributed by atoms with Crippen LogP contribution in [0.5, 0.6) is 0 Å². The predicted octanol–water partition coefficient (Wildman–Crippen LogP) is 0.689. The molecule has 0 aromatic carbocycles. The van der Waals surface area contributed by atoms with Crippen LogP contribution in [0.25, 0.3) is 0 Å². The number of nitro groups is 1. The predicted molar refractivity (Wildman–Crippen MR) is 68.9 cm³/mol. The van der Waals surface area contributed by atoms with E-state index in [4.69, 9.17) is 0 Å². The molecule has 0 radical (unpaired) electrons. The molecule has 0 bridgehead atoms. The van der Waals surface area contributed by atoms with Crippen molar-refractivity contribution in [1.82, 2.24) is 15.1 Å². The van der Waals surface area contributed by atoms with Gasteiger partial charge >= 0.3 is 5.69 Å². The molecule has 0 aliphatic carbocycles. The largest absolute Gasteiger partial charge is 0.350 e. The van der Waals surface area contributed by atoms with Gasteiger partial charge in [0.15, 0.2) is 0 Å². The summed E-state index contributed by atoms with van der Waals surface area (Å²) in [6.07, 6.45) is 1.57. The average Bonchev–Trinajstić information content (AvgIpc) is 2.94. The van der Waals surface area contributed by atoms with Gasteiger partial charge in [-0.05, 0) is 19.4 Å². The number of nitrogens with zero attached hydrogens (tertiary/aromatic N) is 4. The maximum Gasteiger partial charge on any atom is 0.334 e. The first kappa shape index (κ1) is 12.8. The molecule has 100 valence electrons. The van der Waals surface area contributed by atoms with Crippen LogP contribution >= 0.6 is 0 Å². The van der Waals surface area contributed by atoms with Crippen LogP contribution in [0, 0.1) is 10.1 Å². The van der Waals surface area contributed by atoms with Crippen molar-refractivity contribution in [2.75, 3.05) is 25.0 Å². The minimum Gasteiger partial charge on any atom is -0.350 e. The molecule has 1 aromatic rings. The van der Waals surface area contributed by atoms with Crippen molar-refractivity contribution in [3.63, 3.8) is 0 Å². The molecule has 7 heteroatoms. The Morgan fingerprint density at radius 3 is 2.89 bits per heavy atom. The van der Waals surface area contributed by atoms with E-state index < -0.39 is 0 Å². The number of hydrogen-bond acceptors (Lipinski definition) is 5. The SMILES string of the molecule is CCc1nn(C)c(N(C)C2CCNC2)c1[N+](=O)[O-]. The third-order valence-corrected chi connectivity index (χ3v) is 3.50. The fourth-order valence-corrected chi connectivity index (χ4v) is 2.52. The molecule has 1 aliphatic heterocycles. The maximum atomic E-state index is 11.2. The number of likely N-dealkylation sites (N-methyl/N-ethyl adjacent to an activating group) is 1. The molecular formula is C11H19N5O2. The van der Waals surface area contributed by atoms with Gasteiger partial charge in [-0.2, -0.15) is 5.10 Å². The van der Waals surface area contributed by atoms with Crippen LogP contribution in [0.4, 0.5) is 11.5 Å². The smallest absolute Gasteiger partial charge is 0.334 e. The Balaban J connectivity index is 2.41. The molecule has 1 atom stereocenters. The summed E-state index contributed by atoms with van der Waals surface area (Å²) < 4.78 is 1.62. The van der Waals surface area contributed by atoms with Crippen LogP contribution < -0.4 is 10.2 Å². The molecule has 2 rings (SSSR count). The molecule has 18 heavy (non-hydrogen) atoms. The summed E-state index contributed by atoms with van der Waals surface area (Å²) in [4.78, 5) is 12.9. The second-order valence-corrected chi connectivity index (χ2v) is 4.61. The number of nitrogens with one attached hydrogen (secondary N) is 1. The van der Waals surface area contributed by atoms with Crippen molar-refractivity contribution in [1.29, 1.82) is 0 Å². The first-order valence-electron chi connectivity index (χ1n) is 6.20. The van der Waals surface area contributed by atoms with Gasteiger partial charge < -0.3 is 10.2 Å². The van der Waals surface area contributed by atoms with E-state index in [0.717, 1.165) is 19.5 Å². The zero-order valence-corrected chi connectivity index (χ0v) is 11.0. The Hall–Kier alpha value is -1.63. The fraction of sp³-hybridized carbons (Fsp3) is 0.727. The van der Waals surface area contributed by atoms with Gasteiger partial charge in [0, 0.05) is 26.7 Å². The normalized spacial score (nSPS) is 19.2. The maximum absolute atomic E-state index is 11.2. The van der Waals surface area contributed by atoms with Crippen LogP contribution in [-0.4, -0.2) is 40.9 Å². The van der Waals surface area contributed by atoms with E-state index in [1.54, 1.807) is 11.7 Å². The topological polar surface area (TPSA) is 76.2 Å². The van der Waals surface area contributed by atoms with Crippen molar-refractivity contribution in [2.24, 2.45) is 7.05 Å². The minimum atomic E-state index is -0.319. The van der Waals surface area contributed by atoms with Crippen LogP contribution in [0.15, 0.2) is 0 Å². The highest BCUT2D eigenvalue weighted by molar-refractivity contribution is 5.61. The monoisotopic (exact) mass is 253 g/mol. The molecular weight excluding hydrogens is 234 g/mol. The van der Waals surface area contributed by atoms with Gasteiger partial charge in [0.1, 0.15) is 5.69 Å². The van der Waals surface area contributed by atoms with E-state index in [2.05, 4.69) is 10.4 Å². The van der Waals surface area contributed by atoms with Crippen molar-refractivity contribution < 1.29 is 4.92 Å². The zero-order chi connectivity index (χ0) is 13.3. The van der Waals surface area contributed by atoms with Gasteiger partial charge in [-0.1, -0.05) is 6.92 Å². The fourth-order valence-electron chi connectivity index (χ4n) is 2.52. The molecule has 1 unspecified atom stereocenters. The summed E-state index contributed by atoms with van der Waals surface area (Å²) in [5, 5.41) is 18.8. The molecule has 2 heterocycles. The molecule has 1 saturated heterocycles. The molecule has 0 amide bonds. The standard InChI is InChI=1S/C11H19N5O2/c1-4-9-10(16(17)18)11(15(3)13-9)14(2)8-5-6-12-7-8/h8,12H,4-7H2,1-3H3. The Bertz CT molecular complexity index is 451. The van der Waals surface area contributed by atoms with Gasteiger partial charge in [-0.25, -0.2) is 4.68 Å². The number of aryl methyl sites for hydroxylation is 2. The van der Waals surface area contributed by atoms with Crippen molar-refractivity contribution >= 4 is 11.5 Å². The van der Waals surface area contributed by atoms with Crippen LogP contribution in [0.1, 0.15) is 19.0 Å². The van der Waals surface area contributed by atoms with Gasteiger partial charge in [-0.15, -0.1) is 0 Å². The lowest BCUT2D eigenvalue weighted by Crippen LogP contribution is -2.35. The summed E-state index contributed by atoms with van der Waals surface area (Å²) in [6.45, 7) is 3.71. The van der Waals surface area contributed by atoms with E-state index in [1.807, 2.05) is 18.9 Å². The van der Waals surface area contributed by atoms with E-state index in [1.165, 1.54) is 0 Å². The Kier molecular flexibility index (Phi) is 3.51. The lowest BCUT2D eigenvalue weighted by Gasteiger charge is -2.24. The second kappa shape index (κ2) is 4.93. The van der Waals surface area contributed by atoms with E-state index in [-0.39, 0.29) is 10.6 Å². The highest BCUT2D eigenvalue weighted by atomic mass is 16.6. The van der Waals surface area contributed by atoms with Crippen LogP contribution in [0.2, 0.25) is 0 Å². The Morgan fingerprint density at radius 2 is 2.39 bits per heavy atom. The van der Waals surface area contributed by atoms with E-state index in [9.17, 15) is 10.1 Å². The average molecular weight is 253 g/mol. The summed E-state index contributed by atoms with van der Waals surface area (Å²) in [5.41, 5.74) is 0.699. The third-order valence-electron chi connectivity index (χ3n) is 3.50. The molecule has 7 nitrogen and oxygen atoms in total. The lowest BCUT2D eigenvalue weighted by molar-refractivity contribution is -0.384. The molecule has 1 aromatic heterocycles. The van der Waals surface area contributed by atoms with Crippen molar-refractivity contribution in [3.8, 4) is 0 Å². The van der Waals surface area contributed by atoms with E-state index in [0.29, 0.717) is 24.0 Å². The first-order chi connectivity index (χ1) is 8.56.